The third-order valence-electron chi connectivity index (χ3n) is 4.74. The molecule has 32 heavy (non-hydrogen) atoms. The molecule has 8 heteroatoms. The van der Waals surface area contributed by atoms with Gasteiger partial charge in [0, 0.05) is 5.02 Å². The van der Waals surface area contributed by atoms with Gasteiger partial charge >= 0.3 is 0 Å². The van der Waals surface area contributed by atoms with Crippen LogP contribution >= 0.6 is 11.6 Å². The summed E-state index contributed by atoms with van der Waals surface area (Å²) in [6.07, 6.45) is 0. The van der Waals surface area contributed by atoms with Crippen LogP contribution < -0.4 is 14.4 Å². The number of hydrogen-bond donors (Lipinski definition) is 1. The van der Waals surface area contributed by atoms with E-state index in [0.717, 1.165) is 15.4 Å². The van der Waals surface area contributed by atoms with Gasteiger partial charge in [-0.05, 0) is 61.4 Å². The van der Waals surface area contributed by atoms with Crippen molar-refractivity contribution in [1.82, 2.24) is 5.32 Å². The number of aryl methyl sites for hydroxylation is 2. The molecule has 3 rings (SSSR count). The van der Waals surface area contributed by atoms with Crippen LogP contribution in [0, 0.1) is 13.8 Å². The molecule has 1 amide bonds. The van der Waals surface area contributed by atoms with Crippen molar-refractivity contribution in [3.05, 3.63) is 88.9 Å². The third kappa shape index (κ3) is 6.02. The third-order valence-corrected chi connectivity index (χ3v) is 6.94. The van der Waals surface area contributed by atoms with Crippen LogP contribution in [0.15, 0.2) is 77.7 Å². The molecule has 0 aliphatic rings. The first-order valence-electron chi connectivity index (χ1n) is 10.1. The maximum Gasteiger partial charge on any atom is 0.264 e. The van der Waals surface area contributed by atoms with Gasteiger partial charge in [-0.1, -0.05) is 48.0 Å². The summed E-state index contributed by atoms with van der Waals surface area (Å²) in [4.78, 5) is 12.7. The highest BCUT2D eigenvalue weighted by Gasteiger charge is 2.27. The number of benzene rings is 3. The fourth-order valence-electron chi connectivity index (χ4n) is 3.03. The molecule has 0 radical (unpaired) electrons. The smallest absolute Gasteiger partial charge is 0.264 e. The summed E-state index contributed by atoms with van der Waals surface area (Å²) in [5.41, 5.74) is 2.26. The number of carbonyl (C=O) groups excluding carboxylic acids is 1. The van der Waals surface area contributed by atoms with Crippen LogP contribution in [0.1, 0.15) is 11.1 Å². The number of sulfonamides is 1. The Hall–Kier alpha value is -3.03. The Bertz CT molecular complexity index is 1180. The van der Waals surface area contributed by atoms with Gasteiger partial charge in [-0.25, -0.2) is 8.42 Å². The molecule has 1 N–H and O–H groups in total. The van der Waals surface area contributed by atoms with Crippen molar-refractivity contribution in [2.45, 2.75) is 18.7 Å². The first-order chi connectivity index (χ1) is 15.3. The van der Waals surface area contributed by atoms with Crippen molar-refractivity contribution in [3.63, 3.8) is 0 Å². The number of halogens is 1. The van der Waals surface area contributed by atoms with E-state index in [9.17, 15) is 13.2 Å². The Morgan fingerprint density at radius 3 is 2.44 bits per heavy atom. The highest BCUT2D eigenvalue weighted by atomic mass is 35.5. The lowest BCUT2D eigenvalue weighted by Gasteiger charge is -2.24. The van der Waals surface area contributed by atoms with Crippen molar-refractivity contribution >= 4 is 33.2 Å². The van der Waals surface area contributed by atoms with Crippen LogP contribution in [-0.4, -0.2) is 34.0 Å². The predicted molar refractivity (Wildman–Crippen MR) is 127 cm³/mol. The number of amides is 1. The summed E-state index contributed by atoms with van der Waals surface area (Å²) in [5, 5.41) is 3.32. The Balaban J connectivity index is 1.68. The average molecular weight is 473 g/mol. The van der Waals surface area contributed by atoms with Gasteiger partial charge in [-0.15, -0.1) is 0 Å². The molecule has 0 bridgehead atoms. The fourth-order valence-corrected chi connectivity index (χ4v) is 4.63. The molecule has 0 atom stereocenters. The van der Waals surface area contributed by atoms with E-state index in [1.807, 2.05) is 26.0 Å². The van der Waals surface area contributed by atoms with E-state index in [1.54, 1.807) is 48.5 Å². The molecule has 0 fully saturated rings. The first kappa shape index (κ1) is 23.6. The zero-order valence-corrected chi connectivity index (χ0v) is 19.5. The monoisotopic (exact) mass is 472 g/mol. The minimum atomic E-state index is -3.92. The number of rotatable bonds is 9. The van der Waals surface area contributed by atoms with Crippen LogP contribution in [-0.2, 0) is 14.8 Å². The molecule has 0 saturated carbocycles. The summed E-state index contributed by atoms with van der Waals surface area (Å²) in [6, 6.07) is 20.5. The van der Waals surface area contributed by atoms with Gasteiger partial charge < -0.3 is 10.1 Å². The van der Waals surface area contributed by atoms with Gasteiger partial charge in [0.2, 0.25) is 5.91 Å². The zero-order chi connectivity index (χ0) is 23.1. The highest BCUT2D eigenvalue weighted by Crippen LogP contribution is 2.24. The van der Waals surface area contributed by atoms with Gasteiger partial charge in [0.1, 0.15) is 18.9 Å². The SMILES string of the molecule is Cc1cccc(N(CC(=O)NCCOc2ccc(C)c(Cl)c2)S(=O)(=O)c2ccccc2)c1. The quantitative estimate of drug-likeness (QED) is 0.470. The normalized spacial score (nSPS) is 11.1. The van der Waals surface area contributed by atoms with Crippen LogP contribution in [0.25, 0.3) is 0 Å². The second-order valence-electron chi connectivity index (χ2n) is 7.27. The summed E-state index contributed by atoms with van der Waals surface area (Å²) in [5.74, 6) is 0.166. The molecule has 3 aromatic carbocycles. The molecule has 0 unspecified atom stereocenters. The van der Waals surface area contributed by atoms with E-state index in [-0.39, 0.29) is 24.6 Å². The minimum absolute atomic E-state index is 0.119. The van der Waals surface area contributed by atoms with E-state index >= 15 is 0 Å². The van der Waals surface area contributed by atoms with E-state index < -0.39 is 15.9 Å². The van der Waals surface area contributed by atoms with Crippen LogP contribution in [0.3, 0.4) is 0 Å². The Labute approximate surface area is 193 Å². The van der Waals surface area contributed by atoms with Gasteiger partial charge in [0.15, 0.2) is 0 Å². The molecule has 0 heterocycles. The molecular formula is C24H25ClN2O4S. The van der Waals surface area contributed by atoms with Gasteiger partial charge in [0.05, 0.1) is 17.1 Å². The standard InChI is InChI=1S/C24H25ClN2O4S/c1-18-7-6-8-20(15-18)27(32(29,30)22-9-4-3-5-10-22)17-24(28)26-13-14-31-21-12-11-19(2)23(25)16-21/h3-12,15-16H,13-14,17H2,1-2H3,(H,26,28). The second-order valence-corrected chi connectivity index (χ2v) is 9.54. The lowest BCUT2D eigenvalue weighted by Crippen LogP contribution is -2.42. The number of anilines is 1. The zero-order valence-electron chi connectivity index (χ0n) is 17.9. The summed E-state index contributed by atoms with van der Waals surface area (Å²) < 4.78 is 33.2. The lowest BCUT2D eigenvalue weighted by atomic mass is 10.2. The van der Waals surface area contributed by atoms with E-state index in [0.29, 0.717) is 16.5 Å². The van der Waals surface area contributed by atoms with E-state index in [4.69, 9.17) is 16.3 Å². The van der Waals surface area contributed by atoms with Crippen molar-refractivity contribution in [3.8, 4) is 5.75 Å². The number of carbonyl (C=O) groups is 1. The highest BCUT2D eigenvalue weighted by molar-refractivity contribution is 7.92. The van der Waals surface area contributed by atoms with Gasteiger partial charge in [0.25, 0.3) is 10.0 Å². The molecule has 0 spiro atoms. The Morgan fingerprint density at radius 1 is 1.00 bits per heavy atom. The van der Waals surface area contributed by atoms with Crippen molar-refractivity contribution in [1.29, 1.82) is 0 Å². The predicted octanol–water partition coefficient (Wildman–Crippen LogP) is 4.35. The summed E-state index contributed by atoms with van der Waals surface area (Å²) in [6.45, 7) is 3.86. The molecular weight excluding hydrogens is 448 g/mol. The molecule has 0 aliphatic carbocycles. The lowest BCUT2D eigenvalue weighted by molar-refractivity contribution is -0.119. The molecule has 6 nitrogen and oxygen atoms in total. The average Bonchev–Trinajstić information content (AvgIpc) is 2.78. The van der Waals surface area contributed by atoms with Crippen molar-refractivity contribution in [2.75, 3.05) is 24.0 Å². The van der Waals surface area contributed by atoms with Crippen molar-refractivity contribution < 1.29 is 17.9 Å². The van der Waals surface area contributed by atoms with E-state index in [2.05, 4.69) is 5.32 Å². The van der Waals surface area contributed by atoms with Crippen LogP contribution in [0.4, 0.5) is 5.69 Å². The molecule has 0 aromatic heterocycles. The molecule has 3 aromatic rings. The molecule has 0 saturated heterocycles. The van der Waals surface area contributed by atoms with Crippen LogP contribution in [0.2, 0.25) is 5.02 Å². The number of nitrogens with zero attached hydrogens (tertiary/aromatic N) is 1. The maximum absolute atomic E-state index is 13.3. The topological polar surface area (TPSA) is 75.7 Å². The fraction of sp³-hybridized carbons (Fsp3) is 0.208. The first-order valence-corrected chi connectivity index (χ1v) is 11.9. The van der Waals surface area contributed by atoms with Gasteiger partial charge in [-0.2, -0.15) is 0 Å². The summed E-state index contributed by atoms with van der Waals surface area (Å²) in [7, 11) is -3.92. The number of ether oxygens (including phenoxy) is 1. The Morgan fingerprint density at radius 2 is 1.75 bits per heavy atom. The van der Waals surface area contributed by atoms with Crippen LogP contribution in [0.5, 0.6) is 5.75 Å². The van der Waals surface area contributed by atoms with Gasteiger partial charge in [-0.3, -0.25) is 9.10 Å². The summed E-state index contributed by atoms with van der Waals surface area (Å²) >= 11 is 6.08. The minimum Gasteiger partial charge on any atom is -0.492 e. The van der Waals surface area contributed by atoms with Crippen molar-refractivity contribution in [2.24, 2.45) is 0 Å². The molecule has 0 aliphatic heterocycles. The van der Waals surface area contributed by atoms with E-state index in [1.165, 1.54) is 12.1 Å². The second kappa shape index (κ2) is 10.5. The number of nitrogens with one attached hydrogen (secondary N) is 1. The molecule has 168 valence electrons. The largest absolute Gasteiger partial charge is 0.492 e. The maximum atomic E-state index is 13.3. The number of hydrogen-bond acceptors (Lipinski definition) is 4. The Kier molecular flexibility index (Phi) is 7.77.